The largest absolute Gasteiger partial charge is 0.509 e. The number of nitrogens with zero attached hydrogens (tertiary/aromatic N) is 4. The number of benzene rings is 7. The number of furan rings is 1. The van der Waals surface area contributed by atoms with Gasteiger partial charge in [-0.2, -0.15) is 6.07 Å². The van der Waals surface area contributed by atoms with E-state index in [1.807, 2.05) is 42.6 Å². The molecule has 0 aliphatic carbocycles. The second-order valence-electron chi connectivity index (χ2n) is 15.8. The minimum absolute atomic E-state index is 0. The van der Waals surface area contributed by atoms with Gasteiger partial charge in [0, 0.05) is 78.2 Å². The van der Waals surface area contributed by atoms with Gasteiger partial charge < -0.3 is 23.5 Å². The van der Waals surface area contributed by atoms with Crippen molar-refractivity contribution in [3.63, 3.8) is 0 Å². The van der Waals surface area contributed by atoms with Crippen molar-refractivity contribution in [3.05, 3.63) is 188 Å². The normalized spacial score (nSPS) is 12.7. The zero-order chi connectivity index (χ0) is 39.0. The van der Waals surface area contributed by atoms with E-state index < -0.39 is 0 Å². The van der Waals surface area contributed by atoms with E-state index in [1.54, 1.807) is 0 Å². The van der Waals surface area contributed by atoms with E-state index in [-0.39, 0.29) is 26.5 Å². The molecule has 290 valence electrons. The molecule has 0 bridgehead atoms. The fraction of sp³-hybridized carbons (Fsp3) is 0.0769. The van der Waals surface area contributed by atoms with Crippen LogP contribution >= 0.6 is 0 Å². The number of fused-ring (bicyclic) bond motifs is 7. The second-order valence-corrected chi connectivity index (χ2v) is 15.8. The maximum absolute atomic E-state index is 6.78. The molecule has 0 unspecified atom stereocenters. The Morgan fingerprint density at radius 3 is 2.15 bits per heavy atom. The van der Waals surface area contributed by atoms with Crippen LogP contribution in [-0.2, 0) is 26.5 Å². The van der Waals surface area contributed by atoms with E-state index >= 15 is 0 Å². The molecule has 6 nitrogen and oxygen atoms in total. The van der Waals surface area contributed by atoms with Crippen LogP contribution in [-0.4, -0.2) is 9.55 Å². The average Bonchev–Trinajstić information content (AvgIpc) is 3.93. The molecule has 1 aliphatic rings. The summed E-state index contributed by atoms with van der Waals surface area (Å²) in [6, 6.07) is 61.8. The molecule has 0 atom stereocenters. The van der Waals surface area contributed by atoms with Crippen molar-refractivity contribution in [1.29, 1.82) is 0 Å². The molecular weight excluding hydrogens is 908 g/mol. The van der Waals surface area contributed by atoms with Crippen LogP contribution in [0.15, 0.2) is 168 Å². The van der Waals surface area contributed by atoms with E-state index in [4.69, 9.17) is 14.1 Å². The molecule has 0 amide bonds. The smallest absolute Gasteiger partial charge is 0.140 e. The van der Waals surface area contributed by atoms with Gasteiger partial charge in [-0.25, -0.2) is 4.98 Å². The van der Waals surface area contributed by atoms with Crippen LogP contribution in [0.5, 0.6) is 11.5 Å². The Morgan fingerprint density at radius 1 is 0.593 bits per heavy atom. The second kappa shape index (κ2) is 14.3. The topological polar surface area (TPSA) is 46.7 Å². The fourth-order valence-electron chi connectivity index (χ4n) is 8.13. The summed E-state index contributed by atoms with van der Waals surface area (Å²) in [7, 11) is 0. The summed E-state index contributed by atoms with van der Waals surface area (Å²) in [6.45, 7) is 8.83. The van der Waals surface area contributed by atoms with Crippen LogP contribution in [0.1, 0.15) is 26.3 Å². The van der Waals surface area contributed by atoms with Gasteiger partial charge in [-0.05, 0) is 58.3 Å². The van der Waals surface area contributed by atoms with Crippen molar-refractivity contribution in [2.24, 2.45) is 0 Å². The van der Waals surface area contributed by atoms with Gasteiger partial charge in [0.05, 0.1) is 0 Å². The summed E-state index contributed by atoms with van der Waals surface area (Å²) in [5.74, 6) is 1.94. The summed E-state index contributed by atoms with van der Waals surface area (Å²) in [5, 5.41) is 4.20. The molecule has 0 spiro atoms. The van der Waals surface area contributed by atoms with E-state index in [2.05, 4.69) is 175 Å². The van der Waals surface area contributed by atoms with Gasteiger partial charge in [0.1, 0.15) is 17.0 Å². The van der Waals surface area contributed by atoms with Gasteiger partial charge in [-0.3, -0.25) is 0 Å². The minimum Gasteiger partial charge on any atom is -0.509 e. The molecule has 0 N–H and O–H groups in total. The number of pyridine rings is 1. The number of anilines is 4. The molecular formula is C52H37N4O2Pt-3. The van der Waals surface area contributed by atoms with Gasteiger partial charge in [0.2, 0.25) is 0 Å². The van der Waals surface area contributed by atoms with Crippen molar-refractivity contribution in [1.82, 2.24) is 9.55 Å². The zero-order valence-corrected chi connectivity index (χ0v) is 34.9. The van der Waals surface area contributed by atoms with Crippen molar-refractivity contribution in [3.8, 4) is 28.4 Å². The third kappa shape index (κ3) is 6.36. The maximum atomic E-state index is 6.78. The number of ether oxygens (including phenoxy) is 1. The Hall–Kier alpha value is -6.62. The SMILES string of the molecule is CC(C)(C)c1cc(Oc2[c-]c3c(cc2)c2ccccc2n3-c2cc3oc4ccccc4c3cn2)[c-]c(N2[CH-]N(c3ccccc3)c3cc(-c4ccccc4)ccc32)c1.[Pt]. The Balaban J connectivity index is 0.00000420. The molecule has 7 heteroatoms. The average molecular weight is 945 g/mol. The van der Waals surface area contributed by atoms with Crippen molar-refractivity contribution < 1.29 is 30.2 Å². The predicted molar refractivity (Wildman–Crippen MR) is 236 cm³/mol. The summed E-state index contributed by atoms with van der Waals surface area (Å²) >= 11 is 0. The quantitative estimate of drug-likeness (QED) is 0.155. The summed E-state index contributed by atoms with van der Waals surface area (Å²) in [5.41, 5.74) is 10.9. The molecule has 0 radical (unpaired) electrons. The van der Waals surface area contributed by atoms with Gasteiger partial charge in [-0.1, -0.05) is 117 Å². The Bertz CT molecular complexity index is 3180. The maximum Gasteiger partial charge on any atom is 0.140 e. The van der Waals surface area contributed by atoms with E-state index in [0.29, 0.717) is 11.5 Å². The first-order chi connectivity index (χ1) is 28.4. The van der Waals surface area contributed by atoms with Crippen LogP contribution in [0, 0.1) is 18.8 Å². The number of hydrogen-bond acceptors (Lipinski definition) is 5. The fourth-order valence-corrected chi connectivity index (χ4v) is 8.13. The van der Waals surface area contributed by atoms with Crippen molar-refractivity contribution in [2.45, 2.75) is 26.2 Å². The number of hydrogen-bond donors (Lipinski definition) is 0. The van der Waals surface area contributed by atoms with Crippen LogP contribution in [0.25, 0.3) is 60.7 Å². The monoisotopic (exact) mass is 944 g/mol. The number of para-hydroxylation sites is 3. The van der Waals surface area contributed by atoms with Gasteiger partial charge >= 0.3 is 0 Å². The van der Waals surface area contributed by atoms with Gasteiger partial charge in [0.15, 0.2) is 0 Å². The minimum atomic E-state index is -0.165. The first-order valence-electron chi connectivity index (χ1n) is 19.5. The first kappa shape index (κ1) is 36.7. The van der Waals surface area contributed by atoms with Crippen molar-refractivity contribution in [2.75, 3.05) is 9.80 Å². The molecule has 0 fully saturated rings. The van der Waals surface area contributed by atoms with Crippen molar-refractivity contribution >= 4 is 66.5 Å². The zero-order valence-electron chi connectivity index (χ0n) is 32.6. The third-order valence-corrected chi connectivity index (χ3v) is 11.1. The molecule has 3 aromatic heterocycles. The molecule has 10 aromatic rings. The van der Waals surface area contributed by atoms with Gasteiger partial charge in [0.25, 0.3) is 0 Å². The molecule has 4 heterocycles. The molecule has 11 rings (SSSR count). The molecule has 0 saturated heterocycles. The summed E-state index contributed by atoms with van der Waals surface area (Å²) in [4.78, 5) is 9.43. The third-order valence-electron chi connectivity index (χ3n) is 11.1. The molecule has 7 aromatic carbocycles. The summed E-state index contributed by atoms with van der Waals surface area (Å²) in [6.07, 6.45) is 1.90. The standard InChI is InChI=1S/C52H37N4O2.Pt/c1-52(2,3)36-27-38(55-33-54(37-16-8-5-9-17-37)48-26-35(22-25-46(48)55)34-14-6-4-7-15-34)29-40(28-36)57-39-23-24-42-41-18-10-12-20-45(41)56(47(42)30-39)51-31-50-44(32-53-51)43-19-11-13-21-49(43)58-50;/h4-28,31-33H,1-3H3;/q-3;. The molecule has 59 heavy (non-hydrogen) atoms. The Labute approximate surface area is 357 Å². The molecule has 1 aliphatic heterocycles. The molecule has 0 saturated carbocycles. The van der Waals surface area contributed by atoms with Crippen LogP contribution in [0.4, 0.5) is 22.7 Å². The van der Waals surface area contributed by atoms with Crippen LogP contribution in [0.3, 0.4) is 0 Å². The first-order valence-corrected chi connectivity index (χ1v) is 19.5. The Kier molecular flexibility index (Phi) is 8.92. The van der Waals surface area contributed by atoms with E-state index in [1.165, 1.54) is 5.56 Å². The number of rotatable bonds is 6. The van der Waals surface area contributed by atoms with Crippen LogP contribution in [0.2, 0.25) is 0 Å². The Morgan fingerprint density at radius 2 is 1.34 bits per heavy atom. The summed E-state index contributed by atoms with van der Waals surface area (Å²) < 4.78 is 15.2. The van der Waals surface area contributed by atoms with Crippen LogP contribution < -0.4 is 14.5 Å². The van der Waals surface area contributed by atoms with E-state index in [9.17, 15) is 0 Å². The van der Waals surface area contributed by atoms with E-state index in [0.717, 1.165) is 83.4 Å². The van der Waals surface area contributed by atoms with Gasteiger partial charge in [-0.15, -0.1) is 53.6 Å². The number of aromatic nitrogens is 2. The predicted octanol–water partition coefficient (Wildman–Crippen LogP) is 13.8.